The minimum atomic E-state index is -0.0444. The number of nitrogens with one attached hydrogen (secondary N) is 1. The van der Waals surface area contributed by atoms with Crippen molar-refractivity contribution in [2.24, 2.45) is 13.0 Å². The van der Waals surface area contributed by atoms with Crippen LogP contribution in [0.3, 0.4) is 0 Å². The van der Waals surface area contributed by atoms with Gasteiger partial charge in [0.15, 0.2) is 17.0 Å². The topological polar surface area (TPSA) is 98.1 Å². The Bertz CT molecular complexity index is 965. The lowest BCUT2D eigenvalue weighted by atomic mass is 9.99. The molecule has 1 N–H and O–H groups in total. The van der Waals surface area contributed by atoms with E-state index in [0.29, 0.717) is 30.8 Å². The summed E-state index contributed by atoms with van der Waals surface area (Å²) in [4.78, 5) is 22.9. The SMILES string of the molecule is COc1cccc(CCNC(=O)C2CN(c3ncnc4c3nnn4C)C2)c1. The summed E-state index contributed by atoms with van der Waals surface area (Å²) in [7, 11) is 3.44. The van der Waals surface area contributed by atoms with Crippen LogP contribution in [0.2, 0.25) is 0 Å². The zero-order valence-electron chi connectivity index (χ0n) is 15.3. The molecule has 1 fully saturated rings. The summed E-state index contributed by atoms with van der Waals surface area (Å²) < 4.78 is 6.83. The Morgan fingerprint density at radius 2 is 2.19 bits per heavy atom. The average Bonchev–Trinajstić information content (AvgIpc) is 3.03. The van der Waals surface area contributed by atoms with E-state index in [9.17, 15) is 4.79 Å². The smallest absolute Gasteiger partial charge is 0.226 e. The van der Waals surface area contributed by atoms with E-state index in [1.807, 2.05) is 29.2 Å². The molecule has 0 radical (unpaired) electrons. The highest BCUT2D eigenvalue weighted by molar-refractivity contribution is 5.86. The molecule has 0 atom stereocenters. The summed E-state index contributed by atoms with van der Waals surface area (Å²) in [6, 6.07) is 7.88. The summed E-state index contributed by atoms with van der Waals surface area (Å²) in [6.45, 7) is 1.84. The third-order valence-electron chi connectivity index (χ3n) is 4.77. The molecular weight excluding hydrogens is 346 g/mol. The normalized spacial score (nSPS) is 14.2. The van der Waals surface area contributed by atoms with Gasteiger partial charge in [0.05, 0.1) is 13.0 Å². The van der Waals surface area contributed by atoms with Crippen molar-refractivity contribution >= 4 is 22.9 Å². The first-order chi connectivity index (χ1) is 13.2. The van der Waals surface area contributed by atoms with Crippen LogP contribution in [0, 0.1) is 5.92 Å². The van der Waals surface area contributed by atoms with Gasteiger partial charge < -0.3 is 15.0 Å². The number of carbonyl (C=O) groups is 1. The predicted molar refractivity (Wildman–Crippen MR) is 99.5 cm³/mol. The number of aryl methyl sites for hydroxylation is 1. The van der Waals surface area contributed by atoms with Crippen LogP contribution in [0.4, 0.5) is 5.82 Å². The number of aromatic nitrogens is 5. The second kappa shape index (κ2) is 7.18. The fourth-order valence-corrected chi connectivity index (χ4v) is 3.19. The minimum Gasteiger partial charge on any atom is -0.497 e. The molecule has 1 aromatic carbocycles. The first-order valence-electron chi connectivity index (χ1n) is 8.81. The zero-order valence-corrected chi connectivity index (χ0v) is 15.3. The molecule has 140 valence electrons. The molecule has 1 saturated heterocycles. The van der Waals surface area contributed by atoms with Crippen LogP contribution in [-0.2, 0) is 18.3 Å². The number of nitrogens with zero attached hydrogens (tertiary/aromatic N) is 6. The average molecular weight is 367 g/mol. The molecule has 27 heavy (non-hydrogen) atoms. The summed E-state index contributed by atoms with van der Waals surface area (Å²) >= 11 is 0. The Kier molecular flexibility index (Phi) is 4.57. The Morgan fingerprint density at radius 3 is 3.00 bits per heavy atom. The highest BCUT2D eigenvalue weighted by atomic mass is 16.5. The van der Waals surface area contributed by atoms with E-state index in [1.54, 1.807) is 18.8 Å². The fourth-order valence-electron chi connectivity index (χ4n) is 3.19. The molecule has 0 bridgehead atoms. The van der Waals surface area contributed by atoms with Crippen LogP contribution in [0.15, 0.2) is 30.6 Å². The summed E-state index contributed by atoms with van der Waals surface area (Å²) in [6.07, 6.45) is 2.27. The first kappa shape index (κ1) is 17.2. The Hall–Kier alpha value is -3.23. The molecule has 9 nitrogen and oxygen atoms in total. The van der Waals surface area contributed by atoms with Gasteiger partial charge in [0.25, 0.3) is 0 Å². The molecule has 1 aliphatic rings. The van der Waals surface area contributed by atoms with Crippen molar-refractivity contribution in [1.82, 2.24) is 30.3 Å². The van der Waals surface area contributed by atoms with Crippen molar-refractivity contribution in [1.29, 1.82) is 0 Å². The Labute approximate surface area is 156 Å². The number of methoxy groups -OCH3 is 1. The molecule has 3 heterocycles. The lowest BCUT2D eigenvalue weighted by Crippen LogP contribution is -2.54. The minimum absolute atomic E-state index is 0.0444. The van der Waals surface area contributed by atoms with E-state index in [2.05, 4.69) is 25.6 Å². The molecule has 0 aliphatic carbocycles. The van der Waals surface area contributed by atoms with Crippen LogP contribution in [0.5, 0.6) is 5.75 Å². The van der Waals surface area contributed by atoms with Crippen LogP contribution in [0.25, 0.3) is 11.2 Å². The lowest BCUT2D eigenvalue weighted by molar-refractivity contribution is -0.125. The highest BCUT2D eigenvalue weighted by Crippen LogP contribution is 2.27. The van der Waals surface area contributed by atoms with Gasteiger partial charge in [0.1, 0.15) is 12.1 Å². The van der Waals surface area contributed by atoms with E-state index in [-0.39, 0.29) is 11.8 Å². The summed E-state index contributed by atoms with van der Waals surface area (Å²) in [5, 5.41) is 11.1. The van der Waals surface area contributed by atoms with E-state index >= 15 is 0 Å². The van der Waals surface area contributed by atoms with Crippen molar-refractivity contribution in [3.05, 3.63) is 36.2 Å². The largest absolute Gasteiger partial charge is 0.497 e. The number of hydrogen-bond donors (Lipinski definition) is 1. The van der Waals surface area contributed by atoms with Gasteiger partial charge in [-0.1, -0.05) is 17.3 Å². The summed E-state index contributed by atoms with van der Waals surface area (Å²) in [5.41, 5.74) is 2.49. The van der Waals surface area contributed by atoms with Gasteiger partial charge in [-0.25, -0.2) is 14.6 Å². The van der Waals surface area contributed by atoms with E-state index in [4.69, 9.17) is 4.74 Å². The third-order valence-corrected chi connectivity index (χ3v) is 4.77. The standard InChI is InChI=1S/C18H21N7O2/c1-24-16-15(22-23-24)17(21-11-20-16)25-9-13(10-25)18(26)19-7-6-12-4-3-5-14(8-12)27-2/h3-5,8,11,13H,6-7,9-10H2,1-2H3,(H,19,26). The van der Waals surface area contributed by atoms with Crippen molar-refractivity contribution < 1.29 is 9.53 Å². The molecule has 1 amide bonds. The molecule has 3 aromatic rings. The van der Waals surface area contributed by atoms with Gasteiger partial charge in [-0.15, -0.1) is 5.10 Å². The number of hydrogen-bond acceptors (Lipinski definition) is 7. The van der Waals surface area contributed by atoms with Crippen LogP contribution < -0.4 is 15.0 Å². The van der Waals surface area contributed by atoms with Crippen LogP contribution in [0.1, 0.15) is 5.56 Å². The maximum absolute atomic E-state index is 12.4. The molecular formula is C18H21N7O2. The Balaban J connectivity index is 1.29. The molecule has 0 saturated carbocycles. The number of amides is 1. The summed E-state index contributed by atoms with van der Waals surface area (Å²) in [5.74, 6) is 1.58. The van der Waals surface area contributed by atoms with Crippen molar-refractivity contribution in [2.75, 3.05) is 31.6 Å². The predicted octanol–water partition coefficient (Wildman–Crippen LogP) is 0.562. The number of anilines is 1. The number of ether oxygens (including phenoxy) is 1. The van der Waals surface area contributed by atoms with Gasteiger partial charge in [0, 0.05) is 26.7 Å². The highest BCUT2D eigenvalue weighted by Gasteiger charge is 2.34. The number of benzene rings is 1. The quantitative estimate of drug-likeness (QED) is 0.680. The monoisotopic (exact) mass is 367 g/mol. The first-order valence-corrected chi connectivity index (χ1v) is 8.81. The third kappa shape index (κ3) is 3.40. The Morgan fingerprint density at radius 1 is 1.33 bits per heavy atom. The second-order valence-electron chi connectivity index (χ2n) is 6.58. The van der Waals surface area contributed by atoms with Gasteiger partial charge in [0.2, 0.25) is 5.91 Å². The van der Waals surface area contributed by atoms with Gasteiger partial charge in [-0.2, -0.15) is 0 Å². The second-order valence-corrected chi connectivity index (χ2v) is 6.58. The number of fused-ring (bicyclic) bond motifs is 1. The van der Waals surface area contributed by atoms with Crippen molar-refractivity contribution in [3.8, 4) is 5.75 Å². The van der Waals surface area contributed by atoms with Crippen LogP contribution >= 0.6 is 0 Å². The zero-order chi connectivity index (χ0) is 18.8. The fraction of sp³-hybridized carbons (Fsp3) is 0.389. The number of rotatable bonds is 6. The van der Waals surface area contributed by atoms with E-state index in [1.165, 1.54) is 6.33 Å². The van der Waals surface area contributed by atoms with Gasteiger partial charge >= 0.3 is 0 Å². The molecule has 2 aromatic heterocycles. The van der Waals surface area contributed by atoms with E-state index in [0.717, 1.165) is 23.6 Å². The molecule has 1 aliphatic heterocycles. The van der Waals surface area contributed by atoms with Gasteiger partial charge in [-0.05, 0) is 24.1 Å². The number of carbonyl (C=O) groups excluding carboxylic acids is 1. The van der Waals surface area contributed by atoms with E-state index < -0.39 is 0 Å². The molecule has 0 unspecified atom stereocenters. The lowest BCUT2D eigenvalue weighted by Gasteiger charge is -2.38. The maximum atomic E-state index is 12.4. The molecule has 9 heteroatoms. The van der Waals surface area contributed by atoms with Gasteiger partial charge in [-0.3, -0.25) is 4.79 Å². The molecule has 0 spiro atoms. The molecule has 4 rings (SSSR count). The van der Waals surface area contributed by atoms with Crippen molar-refractivity contribution in [3.63, 3.8) is 0 Å². The van der Waals surface area contributed by atoms with Crippen molar-refractivity contribution in [2.45, 2.75) is 6.42 Å². The van der Waals surface area contributed by atoms with Crippen LogP contribution in [-0.4, -0.2) is 57.6 Å². The maximum Gasteiger partial charge on any atom is 0.226 e.